The Kier molecular flexibility index (Phi) is 6.03. The second-order valence-corrected chi connectivity index (χ2v) is 10.2. The van der Waals surface area contributed by atoms with Crippen molar-refractivity contribution in [2.45, 2.75) is 64.8 Å². The summed E-state index contributed by atoms with van der Waals surface area (Å²) in [6, 6.07) is 12.3. The lowest BCUT2D eigenvalue weighted by molar-refractivity contribution is -0.168. The number of benzene rings is 2. The third-order valence-corrected chi connectivity index (χ3v) is 7.10. The maximum Gasteiger partial charge on any atom is 0.494 e. The van der Waals surface area contributed by atoms with E-state index in [0.717, 1.165) is 22.0 Å². The molecule has 1 aliphatic heterocycles. The van der Waals surface area contributed by atoms with Gasteiger partial charge in [0.25, 0.3) is 0 Å². The Bertz CT molecular complexity index is 979. The molecule has 4 rings (SSSR count). The summed E-state index contributed by atoms with van der Waals surface area (Å²) >= 11 is 0. The number of hydrogen-bond donors (Lipinski definition) is 0. The highest BCUT2D eigenvalue weighted by molar-refractivity contribution is 6.62. The first-order chi connectivity index (χ1) is 15.0. The molecule has 1 saturated heterocycles. The fourth-order valence-corrected chi connectivity index (χ4v) is 4.31. The molecule has 7 heteroatoms. The fourth-order valence-electron chi connectivity index (χ4n) is 4.31. The van der Waals surface area contributed by atoms with E-state index in [0.29, 0.717) is 26.1 Å². The van der Waals surface area contributed by atoms with E-state index in [4.69, 9.17) is 23.5 Å². The largest absolute Gasteiger partial charge is 0.494 e. The first-order valence-corrected chi connectivity index (χ1v) is 11.3. The van der Waals surface area contributed by atoms with Crippen LogP contribution < -0.4 is 10.2 Å². The highest BCUT2D eigenvalue weighted by Gasteiger charge is 2.51. The Morgan fingerprint density at radius 2 is 1.59 bits per heavy atom. The van der Waals surface area contributed by atoms with Gasteiger partial charge in [0.1, 0.15) is 12.4 Å². The van der Waals surface area contributed by atoms with Crippen molar-refractivity contribution in [2.75, 3.05) is 20.3 Å². The highest BCUT2D eigenvalue weighted by Crippen LogP contribution is 2.43. The van der Waals surface area contributed by atoms with E-state index in [2.05, 4.69) is 39.8 Å². The lowest BCUT2D eigenvalue weighted by Gasteiger charge is -2.42. The van der Waals surface area contributed by atoms with Crippen molar-refractivity contribution < 1.29 is 28.3 Å². The van der Waals surface area contributed by atoms with Crippen molar-refractivity contribution in [1.29, 1.82) is 0 Å². The number of esters is 1. The molecular formula is C25H33BO6. The van der Waals surface area contributed by atoms with Crippen LogP contribution in [0.2, 0.25) is 0 Å². The van der Waals surface area contributed by atoms with Crippen molar-refractivity contribution in [3.8, 4) is 5.75 Å². The van der Waals surface area contributed by atoms with E-state index < -0.39 is 5.41 Å². The third-order valence-electron chi connectivity index (χ3n) is 7.10. The van der Waals surface area contributed by atoms with E-state index in [9.17, 15) is 4.79 Å². The Hall–Kier alpha value is -2.09. The first kappa shape index (κ1) is 23.1. The van der Waals surface area contributed by atoms with Gasteiger partial charge in [-0.1, -0.05) is 24.3 Å². The second-order valence-electron chi connectivity index (χ2n) is 10.2. The molecule has 2 fully saturated rings. The molecule has 0 aromatic heterocycles. The summed E-state index contributed by atoms with van der Waals surface area (Å²) in [6.45, 7) is 11.1. The fraction of sp³-hybridized carbons (Fsp3) is 0.560. The normalized spacial score (nSPS) is 26.1. The quantitative estimate of drug-likeness (QED) is 0.370. The van der Waals surface area contributed by atoms with Crippen molar-refractivity contribution in [3.05, 3.63) is 36.4 Å². The van der Waals surface area contributed by atoms with Gasteiger partial charge in [0.05, 0.1) is 36.4 Å². The Morgan fingerprint density at radius 1 is 0.969 bits per heavy atom. The predicted molar refractivity (Wildman–Crippen MR) is 124 cm³/mol. The molecule has 2 aromatic rings. The standard InChI is InChI=1S/C25H33BO6/c1-23(2)24(3,4)32-26(31-23)19-9-7-18-14-20(10-8-17(18)13-19)29-11-12-30-21-15-25(5,16-21)22(27)28-6/h7-10,13-14,21H,11-12,15-16H2,1-6H3. The molecule has 32 heavy (non-hydrogen) atoms. The van der Waals surface area contributed by atoms with E-state index >= 15 is 0 Å². The van der Waals surface area contributed by atoms with Gasteiger partial charge >= 0.3 is 13.1 Å². The molecule has 0 amide bonds. The average molecular weight is 440 g/mol. The minimum Gasteiger partial charge on any atom is -0.491 e. The third kappa shape index (κ3) is 4.38. The number of carbonyl (C=O) groups is 1. The van der Waals surface area contributed by atoms with Crippen LogP contribution >= 0.6 is 0 Å². The van der Waals surface area contributed by atoms with Gasteiger partial charge in [-0.3, -0.25) is 4.79 Å². The van der Waals surface area contributed by atoms with Gasteiger partial charge in [-0.25, -0.2) is 0 Å². The molecule has 2 aliphatic rings. The Labute approximate surface area is 190 Å². The van der Waals surface area contributed by atoms with Crippen LogP contribution in [0.15, 0.2) is 36.4 Å². The van der Waals surface area contributed by atoms with E-state index in [1.54, 1.807) is 0 Å². The van der Waals surface area contributed by atoms with Crippen LogP contribution in [0, 0.1) is 5.41 Å². The van der Waals surface area contributed by atoms with Crippen LogP contribution in [-0.2, 0) is 23.6 Å². The lowest BCUT2D eigenvalue weighted by Crippen LogP contribution is -2.46. The predicted octanol–water partition coefficient (Wildman–Crippen LogP) is 3.88. The van der Waals surface area contributed by atoms with Crippen molar-refractivity contribution >= 4 is 29.3 Å². The SMILES string of the molecule is COC(=O)C1(C)CC(OCCOc2ccc3cc(B4OC(C)(C)C(C)(C)O4)ccc3c2)C1. The maximum absolute atomic E-state index is 11.7. The molecule has 0 atom stereocenters. The first-order valence-electron chi connectivity index (χ1n) is 11.3. The molecule has 1 saturated carbocycles. The van der Waals surface area contributed by atoms with Gasteiger partial charge in [-0.15, -0.1) is 0 Å². The maximum atomic E-state index is 11.7. The average Bonchev–Trinajstić information content (AvgIpc) is 2.95. The summed E-state index contributed by atoms with van der Waals surface area (Å²) in [7, 11) is 1.06. The topological polar surface area (TPSA) is 63.2 Å². The molecule has 172 valence electrons. The molecule has 0 radical (unpaired) electrons. The minimum absolute atomic E-state index is 0.0905. The molecule has 6 nitrogen and oxygen atoms in total. The highest BCUT2D eigenvalue weighted by atomic mass is 16.7. The van der Waals surface area contributed by atoms with Gasteiger partial charge in [-0.2, -0.15) is 0 Å². The number of methoxy groups -OCH3 is 1. The van der Waals surface area contributed by atoms with Crippen LogP contribution in [0.4, 0.5) is 0 Å². The molecule has 0 unspecified atom stereocenters. The van der Waals surface area contributed by atoms with Crippen molar-refractivity contribution in [1.82, 2.24) is 0 Å². The molecule has 0 bridgehead atoms. The molecule has 0 N–H and O–H groups in total. The summed E-state index contributed by atoms with van der Waals surface area (Å²) < 4.78 is 28.9. The van der Waals surface area contributed by atoms with Gasteiger partial charge in [0.2, 0.25) is 0 Å². The number of fused-ring (bicyclic) bond motifs is 1. The zero-order chi connectivity index (χ0) is 23.1. The summed E-state index contributed by atoms with van der Waals surface area (Å²) in [5.41, 5.74) is -0.108. The summed E-state index contributed by atoms with van der Waals surface area (Å²) in [5, 5.41) is 2.20. The minimum atomic E-state index is -0.405. The van der Waals surface area contributed by atoms with Crippen molar-refractivity contribution in [2.24, 2.45) is 5.41 Å². The molecule has 2 aromatic carbocycles. The zero-order valence-electron chi connectivity index (χ0n) is 19.9. The molecule has 1 heterocycles. The van der Waals surface area contributed by atoms with Crippen LogP contribution in [-0.4, -0.2) is 50.7 Å². The summed E-state index contributed by atoms with van der Waals surface area (Å²) in [5.74, 6) is 0.642. The Balaban J connectivity index is 1.29. The van der Waals surface area contributed by atoms with Crippen LogP contribution in [0.1, 0.15) is 47.5 Å². The number of ether oxygens (including phenoxy) is 3. The van der Waals surface area contributed by atoms with Crippen LogP contribution in [0.5, 0.6) is 5.75 Å². The van der Waals surface area contributed by atoms with Gasteiger partial charge in [0.15, 0.2) is 0 Å². The summed E-state index contributed by atoms with van der Waals surface area (Å²) in [4.78, 5) is 11.7. The van der Waals surface area contributed by atoms with Crippen LogP contribution in [0.25, 0.3) is 10.8 Å². The molecular weight excluding hydrogens is 407 g/mol. The van der Waals surface area contributed by atoms with Gasteiger partial charge in [0, 0.05) is 0 Å². The lowest BCUT2D eigenvalue weighted by atomic mass is 9.68. The second kappa shape index (κ2) is 8.36. The van der Waals surface area contributed by atoms with E-state index in [1.807, 2.05) is 31.2 Å². The molecule has 0 spiro atoms. The van der Waals surface area contributed by atoms with Gasteiger partial charge in [-0.05, 0) is 75.8 Å². The van der Waals surface area contributed by atoms with Crippen LogP contribution in [0.3, 0.4) is 0 Å². The Morgan fingerprint density at radius 3 is 2.25 bits per heavy atom. The monoisotopic (exact) mass is 440 g/mol. The zero-order valence-corrected chi connectivity index (χ0v) is 19.9. The van der Waals surface area contributed by atoms with Crippen molar-refractivity contribution in [3.63, 3.8) is 0 Å². The number of hydrogen-bond acceptors (Lipinski definition) is 6. The number of carbonyl (C=O) groups excluding carboxylic acids is 1. The van der Waals surface area contributed by atoms with E-state index in [-0.39, 0.29) is 30.4 Å². The molecule has 1 aliphatic carbocycles. The number of rotatable bonds is 7. The smallest absolute Gasteiger partial charge is 0.491 e. The van der Waals surface area contributed by atoms with Gasteiger partial charge < -0.3 is 23.5 Å². The summed E-state index contributed by atoms with van der Waals surface area (Å²) in [6.07, 6.45) is 1.48. The van der Waals surface area contributed by atoms with E-state index in [1.165, 1.54) is 7.11 Å².